The number of benzene rings is 1. The van der Waals surface area contributed by atoms with Gasteiger partial charge in [0.15, 0.2) is 0 Å². The molecule has 1 aromatic rings. The fraction of sp³-hybridized carbons (Fsp3) is 0.385. The van der Waals surface area contributed by atoms with Crippen LogP contribution in [0.4, 0.5) is 5.69 Å². The van der Waals surface area contributed by atoms with E-state index < -0.39 is 5.97 Å². The number of halogens is 1. The van der Waals surface area contributed by atoms with Gasteiger partial charge in [0, 0.05) is 19.1 Å². The Morgan fingerprint density at radius 3 is 2.63 bits per heavy atom. The number of carbonyl (C=O) groups is 2. The molecule has 0 bridgehead atoms. The van der Waals surface area contributed by atoms with Gasteiger partial charge >= 0.3 is 5.97 Å². The first-order chi connectivity index (χ1) is 9.09. The van der Waals surface area contributed by atoms with E-state index >= 15 is 0 Å². The van der Waals surface area contributed by atoms with E-state index in [1.54, 1.807) is 6.07 Å². The SMILES string of the molecule is O=C(O)c1cccc(Cl)c1NC(=O)C1CCOCC1. The highest BCUT2D eigenvalue weighted by molar-refractivity contribution is 6.34. The van der Waals surface area contributed by atoms with Crippen LogP contribution in [0, 0.1) is 5.92 Å². The molecule has 0 saturated carbocycles. The smallest absolute Gasteiger partial charge is 0.337 e. The van der Waals surface area contributed by atoms with Crippen LogP contribution < -0.4 is 5.32 Å². The normalized spacial score (nSPS) is 16.1. The van der Waals surface area contributed by atoms with E-state index in [0.29, 0.717) is 26.1 Å². The number of carboxylic acid groups (broad SMARTS) is 1. The van der Waals surface area contributed by atoms with Crippen LogP contribution in [0.1, 0.15) is 23.2 Å². The number of carboxylic acids is 1. The van der Waals surface area contributed by atoms with Crippen molar-refractivity contribution < 1.29 is 19.4 Å². The number of aromatic carboxylic acids is 1. The predicted molar refractivity (Wildman–Crippen MR) is 70.6 cm³/mol. The van der Waals surface area contributed by atoms with E-state index in [0.717, 1.165) is 0 Å². The van der Waals surface area contributed by atoms with Gasteiger partial charge in [-0.2, -0.15) is 0 Å². The molecular formula is C13H14ClNO4. The fourth-order valence-corrected chi connectivity index (χ4v) is 2.24. The zero-order valence-electron chi connectivity index (χ0n) is 10.2. The second-order valence-corrected chi connectivity index (χ2v) is 4.75. The number of para-hydroxylation sites is 1. The third-order valence-corrected chi connectivity index (χ3v) is 3.40. The summed E-state index contributed by atoms with van der Waals surface area (Å²) in [6, 6.07) is 4.50. The number of hydrogen-bond donors (Lipinski definition) is 2. The van der Waals surface area contributed by atoms with Crippen molar-refractivity contribution in [3.63, 3.8) is 0 Å². The molecule has 1 heterocycles. The lowest BCUT2D eigenvalue weighted by Crippen LogP contribution is -2.29. The monoisotopic (exact) mass is 283 g/mol. The van der Waals surface area contributed by atoms with Crippen molar-refractivity contribution in [2.75, 3.05) is 18.5 Å². The molecule has 19 heavy (non-hydrogen) atoms. The van der Waals surface area contributed by atoms with Gasteiger partial charge in [0.25, 0.3) is 0 Å². The molecule has 2 N–H and O–H groups in total. The fourth-order valence-electron chi connectivity index (χ4n) is 2.01. The molecule has 0 radical (unpaired) electrons. The van der Waals surface area contributed by atoms with E-state index in [1.807, 2.05) is 0 Å². The molecule has 1 aromatic carbocycles. The maximum absolute atomic E-state index is 12.1. The first-order valence-corrected chi connectivity index (χ1v) is 6.38. The van der Waals surface area contributed by atoms with Gasteiger partial charge in [0.1, 0.15) is 0 Å². The summed E-state index contributed by atoms with van der Waals surface area (Å²) < 4.78 is 5.19. The number of amides is 1. The number of anilines is 1. The highest BCUT2D eigenvalue weighted by Crippen LogP contribution is 2.27. The zero-order chi connectivity index (χ0) is 13.8. The second-order valence-electron chi connectivity index (χ2n) is 4.34. The molecule has 0 spiro atoms. The Bertz CT molecular complexity index is 497. The highest BCUT2D eigenvalue weighted by atomic mass is 35.5. The molecule has 1 fully saturated rings. The van der Waals surface area contributed by atoms with Gasteiger partial charge in [0.05, 0.1) is 16.3 Å². The van der Waals surface area contributed by atoms with Gasteiger partial charge in [-0.3, -0.25) is 4.79 Å². The number of nitrogens with one attached hydrogen (secondary N) is 1. The van der Waals surface area contributed by atoms with Crippen LogP contribution in [0.15, 0.2) is 18.2 Å². The molecule has 0 aliphatic carbocycles. The third kappa shape index (κ3) is 3.24. The molecule has 6 heteroatoms. The molecule has 5 nitrogen and oxygen atoms in total. The average molecular weight is 284 g/mol. The van der Waals surface area contributed by atoms with E-state index in [2.05, 4.69) is 5.32 Å². The molecule has 1 aliphatic heterocycles. The second kappa shape index (κ2) is 6.04. The minimum Gasteiger partial charge on any atom is -0.478 e. The van der Waals surface area contributed by atoms with Crippen LogP contribution in [0.5, 0.6) is 0 Å². The Labute approximate surface area is 115 Å². The number of hydrogen-bond acceptors (Lipinski definition) is 3. The molecule has 0 aromatic heterocycles. The molecular weight excluding hydrogens is 270 g/mol. The third-order valence-electron chi connectivity index (χ3n) is 3.08. The van der Waals surface area contributed by atoms with Gasteiger partial charge in [-0.1, -0.05) is 17.7 Å². The molecule has 2 rings (SSSR count). The van der Waals surface area contributed by atoms with Gasteiger partial charge < -0.3 is 15.2 Å². The Kier molecular flexibility index (Phi) is 4.39. The van der Waals surface area contributed by atoms with Crippen LogP contribution in [0.2, 0.25) is 5.02 Å². The van der Waals surface area contributed by atoms with Crippen LogP contribution in [-0.2, 0) is 9.53 Å². The lowest BCUT2D eigenvalue weighted by atomic mass is 9.99. The van der Waals surface area contributed by atoms with E-state index in [-0.39, 0.29) is 28.1 Å². The number of carbonyl (C=O) groups excluding carboxylic acids is 1. The van der Waals surface area contributed by atoms with Crippen molar-refractivity contribution >= 4 is 29.2 Å². The number of rotatable bonds is 3. The van der Waals surface area contributed by atoms with Crippen molar-refractivity contribution in [1.82, 2.24) is 0 Å². The maximum atomic E-state index is 12.1. The highest BCUT2D eigenvalue weighted by Gasteiger charge is 2.24. The summed E-state index contributed by atoms with van der Waals surface area (Å²) in [5, 5.41) is 11.9. The maximum Gasteiger partial charge on any atom is 0.337 e. The van der Waals surface area contributed by atoms with Crippen molar-refractivity contribution in [2.24, 2.45) is 5.92 Å². The first kappa shape index (κ1) is 13.8. The summed E-state index contributed by atoms with van der Waals surface area (Å²) in [7, 11) is 0. The van der Waals surface area contributed by atoms with E-state index in [1.165, 1.54) is 12.1 Å². The zero-order valence-corrected chi connectivity index (χ0v) is 10.9. The van der Waals surface area contributed by atoms with E-state index in [4.69, 9.17) is 21.4 Å². The molecule has 1 amide bonds. The Morgan fingerprint density at radius 2 is 2.00 bits per heavy atom. The lowest BCUT2D eigenvalue weighted by molar-refractivity contribution is -0.122. The van der Waals surface area contributed by atoms with Gasteiger partial charge in [0.2, 0.25) is 5.91 Å². The van der Waals surface area contributed by atoms with Gasteiger partial charge in [-0.25, -0.2) is 4.79 Å². The minimum absolute atomic E-state index is 0.00657. The Morgan fingerprint density at radius 1 is 1.32 bits per heavy atom. The summed E-state index contributed by atoms with van der Waals surface area (Å²) in [6.07, 6.45) is 1.28. The summed E-state index contributed by atoms with van der Waals surface area (Å²) in [6.45, 7) is 1.10. The van der Waals surface area contributed by atoms with Crippen LogP contribution >= 0.6 is 11.6 Å². The van der Waals surface area contributed by atoms with Crippen LogP contribution in [0.25, 0.3) is 0 Å². The summed E-state index contributed by atoms with van der Waals surface area (Å²) in [5.74, 6) is -1.49. The molecule has 0 unspecified atom stereocenters. The quantitative estimate of drug-likeness (QED) is 0.893. The molecule has 102 valence electrons. The van der Waals surface area contributed by atoms with Gasteiger partial charge in [-0.15, -0.1) is 0 Å². The van der Waals surface area contributed by atoms with E-state index in [9.17, 15) is 9.59 Å². The van der Waals surface area contributed by atoms with Crippen LogP contribution in [-0.4, -0.2) is 30.2 Å². The van der Waals surface area contributed by atoms with Crippen molar-refractivity contribution in [3.05, 3.63) is 28.8 Å². The van der Waals surface area contributed by atoms with Gasteiger partial charge in [-0.05, 0) is 25.0 Å². The predicted octanol–water partition coefficient (Wildman–Crippen LogP) is 2.40. The lowest BCUT2D eigenvalue weighted by Gasteiger charge is -2.22. The largest absolute Gasteiger partial charge is 0.478 e. The topological polar surface area (TPSA) is 75.6 Å². The van der Waals surface area contributed by atoms with Crippen molar-refractivity contribution in [2.45, 2.75) is 12.8 Å². The van der Waals surface area contributed by atoms with Crippen molar-refractivity contribution in [1.29, 1.82) is 0 Å². The molecule has 1 saturated heterocycles. The molecule has 1 aliphatic rings. The standard InChI is InChI=1S/C13H14ClNO4/c14-10-3-1-2-9(13(17)18)11(10)15-12(16)8-4-6-19-7-5-8/h1-3,8H,4-7H2,(H,15,16)(H,17,18). The Balaban J connectivity index is 2.18. The Hall–Kier alpha value is -1.59. The summed E-state index contributed by atoms with van der Waals surface area (Å²) >= 11 is 5.95. The minimum atomic E-state index is -1.12. The average Bonchev–Trinajstić information content (AvgIpc) is 2.41. The molecule has 0 atom stereocenters. The first-order valence-electron chi connectivity index (χ1n) is 6.00. The summed E-state index contributed by atoms with van der Waals surface area (Å²) in [5.41, 5.74) is 0.154. The van der Waals surface area contributed by atoms with Crippen LogP contribution in [0.3, 0.4) is 0 Å². The number of ether oxygens (including phenoxy) is 1. The van der Waals surface area contributed by atoms with Crippen molar-refractivity contribution in [3.8, 4) is 0 Å². The summed E-state index contributed by atoms with van der Waals surface area (Å²) in [4.78, 5) is 23.2.